The van der Waals surface area contributed by atoms with E-state index in [0.717, 1.165) is 0 Å². The first-order valence-electron chi connectivity index (χ1n) is 5.36. The van der Waals surface area contributed by atoms with E-state index in [1.165, 1.54) is 0 Å². The lowest BCUT2D eigenvalue weighted by atomic mass is 10.0. The molecule has 2 atom stereocenters. The van der Waals surface area contributed by atoms with E-state index in [-0.39, 0.29) is 0 Å². The number of halogens is 1. The Balaban J connectivity index is 2.98. The molecule has 0 saturated heterocycles. The van der Waals surface area contributed by atoms with Crippen molar-refractivity contribution in [1.29, 1.82) is 0 Å². The molecule has 0 fully saturated rings. The number of aliphatic hydroxyl groups excluding tert-OH is 2. The van der Waals surface area contributed by atoms with Gasteiger partial charge in [0.15, 0.2) is 11.5 Å². The third kappa shape index (κ3) is 3.59. The average Bonchev–Trinajstić information content (AvgIpc) is 2.37. The van der Waals surface area contributed by atoms with Crippen molar-refractivity contribution in [3.05, 3.63) is 23.8 Å². The third-order valence-electron chi connectivity index (χ3n) is 2.35. The zero-order chi connectivity index (χ0) is 12.8. The number of aliphatic hydroxyl groups is 2. The van der Waals surface area contributed by atoms with Crippen LogP contribution in [0.3, 0.4) is 0 Å². The predicted molar refractivity (Wildman–Crippen MR) is 68.9 cm³/mol. The molecule has 0 amide bonds. The van der Waals surface area contributed by atoms with Crippen LogP contribution in [0.4, 0.5) is 0 Å². The van der Waals surface area contributed by atoms with Crippen molar-refractivity contribution in [2.45, 2.75) is 19.1 Å². The van der Waals surface area contributed by atoms with Gasteiger partial charge in [0.1, 0.15) is 6.10 Å². The highest BCUT2D eigenvalue weighted by molar-refractivity contribution is 9.09. The maximum atomic E-state index is 9.87. The first kappa shape index (κ1) is 14.3. The van der Waals surface area contributed by atoms with Crippen molar-refractivity contribution in [2.75, 3.05) is 19.0 Å². The third-order valence-corrected chi connectivity index (χ3v) is 3.01. The molecule has 0 aliphatic carbocycles. The lowest BCUT2D eigenvalue weighted by molar-refractivity contribution is 0.0341. The fourth-order valence-electron chi connectivity index (χ4n) is 1.45. The van der Waals surface area contributed by atoms with Crippen molar-refractivity contribution in [2.24, 2.45) is 0 Å². The summed E-state index contributed by atoms with van der Waals surface area (Å²) < 4.78 is 10.5. The molecule has 2 unspecified atom stereocenters. The SMILES string of the molecule is CCOc1cc(C(O)C(O)CBr)ccc1OC. The monoisotopic (exact) mass is 304 g/mol. The molecular weight excluding hydrogens is 288 g/mol. The fourth-order valence-corrected chi connectivity index (χ4v) is 1.81. The summed E-state index contributed by atoms with van der Waals surface area (Å²) in [6, 6.07) is 5.10. The second-order valence-electron chi connectivity index (χ2n) is 3.51. The highest BCUT2D eigenvalue weighted by Gasteiger charge is 2.18. The van der Waals surface area contributed by atoms with Gasteiger partial charge in [0.2, 0.25) is 0 Å². The molecule has 0 radical (unpaired) electrons. The Morgan fingerprint density at radius 1 is 1.29 bits per heavy atom. The molecule has 0 saturated carbocycles. The molecule has 1 aromatic rings. The minimum absolute atomic E-state index is 0.310. The van der Waals surface area contributed by atoms with E-state index in [1.54, 1.807) is 25.3 Å². The molecular formula is C12H17BrO4. The summed E-state index contributed by atoms with van der Waals surface area (Å²) in [5, 5.41) is 19.7. The van der Waals surface area contributed by atoms with Crippen LogP contribution in [0.15, 0.2) is 18.2 Å². The molecule has 0 aliphatic heterocycles. The molecule has 0 bridgehead atoms. The quantitative estimate of drug-likeness (QED) is 0.788. The van der Waals surface area contributed by atoms with Gasteiger partial charge in [-0.15, -0.1) is 0 Å². The molecule has 96 valence electrons. The first-order chi connectivity index (χ1) is 8.13. The van der Waals surface area contributed by atoms with Crippen LogP contribution in [0.2, 0.25) is 0 Å². The lowest BCUT2D eigenvalue weighted by Crippen LogP contribution is -2.19. The summed E-state index contributed by atoms with van der Waals surface area (Å²) in [5.74, 6) is 1.17. The van der Waals surface area contributed by atoms with Crippen LogP contribution in [0, 0.1) is 0 Å². The Morgan fingerprint density at radius 3 is 2.53 bits per heavy atom. The van der Waals surface area contributed by atoms with Gasteiger partial charge in [-0.1, -0.05) is 22.0 Å². The van der Waals surface area contributed by atoms with Gasteiger partial charge in [-0.05, 0) is 24.6 Å². The van der Waals surface area contributed by atoms with Crippen LogP contribution in [0.25, 0.3) is 0 Å². The number of hydrogen-bond donors (Lipinski definition) is 2. The summed E-state index contributed by atoms with van der Waals surface area (Å²) in [4.78, 5) is 0. The van der Waals surface area contributed by atoms with Gasteiger partial charge in [0.05, 0.1) is 19.8 Å². The molecule has 4 nitrogen and oxygen atoms in total. The van der Waals surface area contributed by atoms with E-state index in [4.69, 9.17) is 9.47 Å². The van der Waals surface area contributed by atoms with Crippen LogP contribution in [-0.2, 0) is 0 Å². The molecule has 17 heavy (non-hydrogen) atoms. The first-order valence-corrected chi connectivity index (χ1v) is 6.49. The smallest absolute Gasteiger partial charge is 0.161 e. The largest absolute Gasteiger partial charge is 0.493 e. The molecule has 1 rings (SSSR count). The topological polar surface area (TPSA) is 58.9 Å². The van der Waals surface area contributed by atoms with E-state index < -0.39 is 12.2 Å². The van der Waals surface area contributed by atoms with Gasteiger partial charge in [-0.2, -0.15) is 0 Å². The predicted octanol–water partition coefficient (Wildman–Crippen LogP) is 1.88. The lowest BCUT2D eigenvalue weighted by Gasteiger charge is -2.18. The molecule has 5 heteroatoms. The number of ether oxygens (including phenoxy) is 2. The average molecular weight is 305 g/mol. The molecule has 0 heterocycles. The molecule has 0 aliphatic rings. The van der Waals surface area contributed by atoms with Crippen LogP contribution in [0.1, 0.15) is 18.6 Å². The molecule has 2 N–H and O–H groups in total. The molecule has 0 aromatic heterocycles. The summed E-state index contributed by atoms with van der Waals surface area (Å²) >= 11 is 3.12. The number of rotatable bonds is 6. The van der Waals surface area contributed by atoms with Crippen LogP contribution in [0.5, 0.6) is 11.5 Å². The van der Waals surface area contributed by atoms with Crippen molar-refractivity contribution in [3.8, 4) is 11.5 Å². The number of benzene rings is 1. The standard InChI is InChI=1S/C12H17BrO4/c1-3-17-11-6-8(4-5-10(11)16-2)12(15)9(14)7-13/h4-6,9,12,14-15H,3,7H2,1-2H3. The van der Waals surface area contributed by atoms with Gasteiger partial charge >= 0.3 is 0 Å². The second kappa shape index (κ2) is 6.83. The Morgan fingerprint density at radius 2 is 2.00 bits per heavy atom. The number of hydrogen-bond acceptors (Lipinski definition) is 4. The summed E-state index contributed by atoms with van der Waals surface area (Å²) in [6.07, 6.45) is -1.79. The minimum atomic E-state index is -0.945. The number of methoxy groups -OCH3 is 1. The van der Waals surface area contributed by atoms with Gasteiger partial charge in [0.25, 0.3) is 0 Å². The van der Waals surface area contributed by atoms with E-state index in [1.807, 2.05) is 6.92 Å². The van der Waals surface area contributed by atoms with Gasteiger partial charge in [0, 0.05) is 5.33 Å². The van der Waals surface area contributed by atoms with Crippen LogP contribution in [-0.4, -0.2) is 35.4 Å². The van der Waals surface area contributed by atoms with Crippen molar-refractivity contribution < 1.29 is 19.7 Å². The summed E-state index contributed by atoms with van der Waals surface area (Å²) in [5.41, 5.74) is 0.598. The normalized spacial score (nSPS) is 14.2. The van der Waals surface area contributed by atoms with Gasteiger partial charge in [-0.3, -0.25) is 0 Å². The second-order valence-corrected chi connectivity index (χ2v) is 4.16. The Labute approximate surface area is 109 Å². The van der Waals surface area contributed by atoms with Crippen LogP contribution < -0.4 is 9.47 Å². The Hall–Kier alpha value is -0.780. The van der Waals surface area contributed by atoms with Crippen molar-refractivity contribution >= 4 is 15.9 Å². The van der Waals surface area contributed by atoms with E-state index in [9.17, 15) is 10.2 Å². The number of alkyl halides is 1. The van der Waals surface area contributed by atoms with E-state index >= 15 is 0 Å². The van der Waals surface area contributed by atoms with Gasteiger partial charge < -0.3 is 19.7 Å². The molecule has 1 aromatic carbocycles. The zero-order valence-corrected chi connectivity index (χ0v) is 11.5. The summed E-state index contributed by atoms with van der Waals surface area (Å²) in [6.45, 7) is 2.38. The highest BCUT2D eigenvalue weighted by Crippen LogP contribution is 2.31. The highest BCUT2D eigenvalue weighted by atomic mass is 79.9. The fraction of sp³-hybridized carbons (Fsp3) is 0.500. The van der Waals surface area contributed by atoms with E-state index in [0.29, 0.717) is 29.0 Å². The Bertz CT molecular complexity index is 356. The van der Waals surface area contributed by atoms with E-state index in [2.05, 4.69) is 15.9 Å². The summed E-state index contributed by atoms with van der Waals surface area (Å²) in [7, 11) is 1.56. The maximum Gasteiger partial charge on any atom is 0.161 e. The van der Waals surface area contributed by atoms with Gasteiger partial charge in [-0.25, -0.2) is 0 Å². The minimum Gasteiger partial charge on any atom is -0.493 e. The van der Waals surface area contributed by atoms with Crippen LogP contribution >= 0.6 is 15.9 Å². The maximum absolute atomic E-state index is 9.87. The molecule has 0 spiro atoms. The Kier molecular flexibility index (Phi) is 5.74. The zero-order valence-electron chi connectivity index (χ0n) is 9.89. The van der Waals surface area contributed by atoms with Crippen molar-refractivity contribution in [1.82, 2.24) is 0 Å². The van der Waals surface area contributed by atoms with Crippen molar-refractivity contribution in [3.63, 3.8) is 0 Å².